The van der Waals surface area contributed by atoms with E-state index in [0.29, 0.717) is 13.1 Å². The topological polar surface area (TPSA) is 59.1 Å². The number of ether oxygens (including phenoxy) is 2. The summed E-state index contributed by atoms with van der Waals surface area (Å²) >= 11 is 0. The van der Waals surface area contributed by atoms with Crippen molar-refractivity contribution in [2.75, 3.05) is 53.7 Å². The van der Waals surface area contributed by atoms with Crippen LogP contribution in [0, 0.1) is 0 Å². The summed E-state index contributed by atoms with van der Waals surface area (Å²) in [6.07, 6.45) is 0. The van der Waals surface area contributed by atoms with Crippen LogP contribution in [0.2, 0.25) is 0 Å². The molecule has 6 nitrogen and oxygen atoms in total. The van der Waals surface area contributed by atoms with Crippen molar-refractivity contribution in [3.05, 3.63) is 23.8 Å². The number of piperazine rings is 1. The molecular formula is C18H29N2O4P. The highest BCUT2D eigenvalue weighted by Gasteiger charge is 2.31. The van der Waals surface area contributed by atoms with Gasteiger partial charge in [0, 0.05) is 38.3 Å². The molecule has 1 aromatic rings. The van der Waals surface area contributed by atoms with Gasteiger partial charge in [-0.2, -0.15) is 0 Å². The maximum atomic E-state index is 12.5. The number of carbonyl (C=O) groups excluding carboxylic acids is 1. The lowest BCUT2D eigenvalue weighted by molar-refractivity contribution is -0.132. The molecule has 1 aliphatic heterocycles. The van der Waals surface area contributed by atoms with Gasteiger partial charge in [0.25, 0.3) is 0 Å². The van der Waals surface area contributed by atoms with Gasteiger partial charge in [-0.05, 0) is 38.5 Å². The number of hydrogen-bond acceptors (Lipinski definition) is 5. The van der Waals surface area contributed by atoms with Crippen molar-refractivity contribution < 1.29 is 18.8 Å². The molecule has 1 atom stereocenters. The first-order valence-electron chi connectivity index (χ1n) is 8.53. The standard InChI is InChI=1S/C18H29N2O4P/c1-14(25(4,5)22)18(21)20-10-8-19(9-11-20)13-15-12-16(23-2)6-7-17(15)24-3/h6-7,12,14H,8-11,13H2,1-5H3. The van der Waals surface area contributed by atoms with Gasteiger partial charge in [-0.1, -0.05) is 0 Å². The van der Waals surface area contributed by atoms with Crippen molar-refractivity contribution in [2.45, 2.75) is 19.1 Å². The third kappa shape index (κ3) is 4.99. The van der Waals surface area contributed by atoms with E-state index >= 15 is 0 Å². The largest absolute Gasteiger partial charge is 0.497 e. The van der Waals surface area contributed by atoms with E-state index in [0.717, 1.165) is 36.7 Å². The summed E-state index contributed by atoms with van der Waals surface area (Å²) in [5.74, 6) is 1.65. The Hall–Kier alpha value is -1.52. The molecule has 1 fully saturated rings. The summed E-state index contributed by atoms with van der Waals surface area (Å²) < 4.78 is 22.9. The van der Waals surface area contributed by atoms with Crippen molar-refractivity contribution in [1.82, 2.24) is 9.80 Å². The van der Waals surface area contributed by atoms with E-state index in [1.807, 2.05) is 23.1 Å². The van der Waals surface area contributed by atoms with Gasteiger partial charge in [0.05, 0.1) is 27.0 Å². The predicted molar refractivity (Wildman–Crippen MR) is 100 cm³/mol. The van der Waals surface area contributed by atoms with Crippen LogP contribution in [0.4, 0.5) is 0 Å². The molecule has 0 spiro atoms. The number of hydrogen-bond donors (Lipinski definition) is 0. The number of benzene rings is 1. The van der Waals surface area contributed by atoms with Gasteiger partial charge in [-0.25, -0.2) is 0 Å². The number of nitrogens with zero attached hydrogens (tertiary/aromatic N) is 2. The van der Waals surface area contributed by atoms with Gasteiger partial charge in [-0.15, -0.1) is 0 Å². The van der Waals surface area contributed by atoms with Crippen LogP contribution in [0.25, 0.3) is 0 Å². The van der Waals surface area contributed by atoms with E-state index in [2.05, 4.69) is 4.90 Å². The first kappa shape index (κ1) is 19.8. The summed E-state index contributed by atoms with van der Waals surface area (Å²) in [5, 5.41) is 0. The average molecular weight is 368 g/mol. The summed E-state index contributed by atoms with van der Waals surface area (Å²) in [6, 6.07) is 5.78. The van der Waals surface area contributed by atoms with Crippen molar-refractivity contribution in [3.8, 4) is 11.5 Å². The number of methoxy groups -OCH3 is 2. The van der Waals surface area contributed by atoms with Gasteiger partial charge in [-0.3, -0.25) is 9.69 Å². The fourth-order valence-electron chi connectivity index (χ4n) is 2.90. The molecule has 7 heteroatoms. The number of carbonyl (C=O) groups is 1. The molecule has 1 aliphatic rings. The lowest BCUT2D eigenvalue weighted by Gasteiger charge is -2.36. The Morgan fingerprint density at radius 3 is 2.32 bits per heavy atom. The second kappa shape index (κ2) is 8.24. The van der Waals surface area contributed by atoms with E-state index in [9.17, 15) is 9.36 Å². The molecule has 0 N–H and O–H groups in total. The van der Waals surface area contributed by atoms with E-state index in [1.165, 1.54) is 0 Å². The minimum atomic E-state index is -2.40. The molecule has 0 saturated carbocycles. The summed E-state index contributed by atoms with van der Waals surface area (Å²) in [6.45, 7) is 8.79. The Balaban J connectivity index is 1.97. The molecule has 1 aromatic carbocycles. The first-order chi connectivity index (χ1) is 11.8. The fraction of sp³-hybridized carbons (Fsp3) is 0.611. The minimum absolute atomic E-state index is 0.00643. The molecule has 140 valence electrons. The Kier molecular flexibility index (Phi) is 6.53. The molecule has 0 aromatic heterocycles. The monoisotopic (exact) mass is 368 g/mol. The third-order valence-corrected chi connectivity index (χ3v) is 6.94. The number of rotatable bonds is 6. The second-order valence-corrected chi connectivity index (χ2v) is 10.5. The Morgan fingerprint density at radius 2 is 1.80 bits per heavy atom. The molecule has 1 heterocycles. The van der Waals surface area contributed by atoms with Crippen LogP contribution in [0.15, 0.2) is 18.2 Å². The molecule has 1 unspecified atom stereocenters. The van der Waals surface area contributed by atoms with Crippen molar-refractivity contribution >= 4 is 13.0 Å². The van der Waals surface area contributed by atoms with Crippen LogP contribution in [0.1, 0.15) is 12.5 Å². The average Bonchev–Trinajstić information content (AvgIpc) is 2.60. The zero-order chi connectivity index (χ0) is 18.6. The Bertz CT molecular complexity index is 650. The van der Waals surface area contributed by atoms with E-state index < -0.39 is 12.8 Å². The lowest BCUT2D eigenvalue weighted by Crippen LogP contribution is -2.50. The highest BCUT2D eigenvalue weighted by molar-refractivity contribution is 7.64. The third-order valence-electron chi connectivity index (χ3n) is 4.86. The van der Waals surface area contributed by atoms with Crippen LogP contribution < -0.4 is 9.47 Å². The highest BCUT2D eigenvalue weighted by Crippen LogP contribution is 2.43. The Morgan fingerprint density at radius 1 is 1.16 bits per heavy atom. The lowest BCUT2D eigenvalue weighted by atomic mass is 10.1. The quantitative estimate of drug-likeness (QED) is 0.722. The second-order valence-electron chi connectivity index (χ2n) is 6.89. The van der Waals surface area contributed by atoms with Crippen LogP contribution in [0.5, 0.6) is 11.5 Å². The van der Waals surface area contributed by atoms with Crippen LogP contribution in [-0.4, -0.2) is 75.1 Å². The molecule has 0 radical (unpaired) electrons. The van der Waals surface area contributed by atoms with Gasteiger partial charge in [0.2, 0.25) is 5.91 Å². The van der Waals surface area contributed by atoms with Crippen LogP contribution >= 0.6 is 7.14 Å². The number of amides is 1. The molecule has 1 saturated heterocycles. The normalized spacial score (nSPS) is 17.2. The van der Waals surface area contributed by atoms with Crippen molar-refractivity contribution in [2.24, 2.45) is 0 Å². The maximum Gasteiger partial charge on any atom is 0.232 e. The van der Waals surface area contributed by atoms with E-state index in [4.69, 9.17) is 9.47 Å². The SMILES string of the molecule is COc1ccc(OC)c(CN2CCN(C(=O)C(C)P(C)(C)=O)CC2)c1. The zero-order valence-electron chi connectivity index (χ0n) is 15.8. The summed E-state index contributed by atoms with van der Waals surface area (Å²) in [7, 11) is 0.909. The minimum Gasteiger partial charge on any atom is -0.497 e. The predicted octanol–water partition coefficient (Wildman–Crippen LogP) is 2.36. The van der Waals surface area contributed by atoms with E-state index in [-0.39, 0.29) is 5.91 Å². The highest BCUT2D eigenvalue weighted by atomic mass is 31.2. The summed E-state index contributed by atoms with van der Waals surface area (Å²) in [4.78, 5) is 16.6. The van der Waals surface area contributed by atoms with Crippen LogP contribution in [-0.2, 0) is 15.9 Å². The molecule has 1 amide bonds. The van der Waals surface area contributed by atoms with Crippen LogP contribution in [0.3, 0.4) is 0 Å². The fourth-order valence-corrected chi connectivity index (χ4v) is 3.60. The molecule has 0 bridgehead atoms. The molecule has 25 heavy (non-hydrogen) atoms. The first-order valence-corrected chi connectivity index (χ1v) is 11.2. The maximum absolute atomic E-state index is 12.5. The molecular weight excluding hydrogens is 339 g/mol. The van der Waals surface area contributed by atoms with Gasteiger partial charge in [0.1, 0.15) is 11.5 Å². The van der Waals surface area contributed by atoms with Gasteiger partial charge >= 0.3 is 0 Å². The molecule has 0 aliphatic carbocycles. The zero-order valence-corrected chi connectivity index (χ0v) is 16.7. The van der Waals surface area contributed by atoms with Gasteiger partial charge in [0.15, 0.2) is 0 Å². The van der Waals surface area contributed by atoms with Crippen molar-refractivity contribution in [1.29, 1.82) is 0 Å². The summed E-state index contributed by atoms with van der Waals surface area (Å²) in [5.41, 5.74) is 0.666. The molecule has 2 rings (SSSR count). The van der Waals surface area contributed by atoms with Gasteiger partial charge < -0.3 is 18.9 Å². The van der Waals surface area contributed by atoms with E-state index in [1.54, 1.807) is 34.5 Å². The van der Waals surface area contributed by atoms with Crippen molar-refractivity contribution in [3.63, 3.8) is 0 Å². The Labute approximate surface area is 150 Å². The smallest absolute Gasteiger partial charge is 0.232 e.